The van der Waals surface area contributed by atoms with Gasteiger partial charge >= 0.3 is 0 Å². The van der Waals surface area contributed by atoms with E-state index < -0.39 is 0 Å². The number of nitrogens with one attached hydrogen (secondary N) is 1. The highest BCUT2D eigenvalue weighted by atomic mass is 32.1. The predicted molar refractivity (Wildman–Crippen MR) is 114 cm³/mol. The molecule has 1 fully saturated rings. The molecule has 2 heterocycles. The van der Waals surface area contributed by atoms with Crippen LogP contribution in [0.4, 0.5) is 9.52 Å². The van der Waals surface area contributed by atoms with Gasteiger partial charge in [0.2, 0.25) is 5.13 Å². The van der Waals surface area contributed by atoms with Crippen LogP contribution in [0.15, 0.2) is 59.0 Å². The second kappa shape index (κ2) is 9.73. The fourth-order valence-corrected chi connectivity index (χ4v) is 3.73. The Bertz CT molecular complexity index is 956. The minimum absolute atomic E-state index is 0.142. The third kappa shape index (κ3) is 5.47. The molecule has 0 bridgehead atoms. The Balaban J connectivity index is 1.29. The smallest absolute Gasteiger partial charge is 0.203 e. The number of hydrazone groups is 1. The van der Waals surface area contributed by atoms with Gasteiger partial charge in [-0.1, -0.05) is 42.5 Å². The molecule has 3 aromatic rings. The molecule has 1 aliphatic heterocycles. The number of aromatic nitrogens is 1. The van der Waals surface area contributed by atoms with Crippen LogP contribution in [0.5, 0.6) is 0 Å². The van der Waals surface area contributed by atoms with E-state index in [0.29, 0.717) is 22.9 Å². The quantitative estimate of drug-likeness (QED) is 0.414. The SMILES string of the molecule is Fc1cc(C=NNc2nc(-c3ccccc3)cs2)ccc1COCC1CCCO1. The topological polar surface area (TPSA) is 55.7 Å². The van der Waals surface area contributed by atoms with Crippen LogP contribution in [0.2, 0.25) is 0 Å². The summed E-state index contributed by atoms with van der Waals surface area (Å²) in [5.41, 5.74) is 6.04. The summed E-state index contributed by atoms with van der Waals surface area (Å²) in [7, 11) is 0. The van der Waals surface area contributed by atoms with Gasteiger partial charge in [0.05, 0.1) is 31.2 Å². The van der Waals surface area contributed by atoms with Crippen molar-refractivity contribution in [1.29, 1.82) is 0 Å². The fraction of sp³-hybridized carbons (Fsp3) is 0.273. The minimum Gasteiger partial charge on any atom is -0.376 e. The predicted octanol–water partition coefficient (Wildman–Crippen LogP) is 5.09. The van der Waals surface area contributed by atoms with Gasteiger partial charge in [0.15, 0.2) is 0 Å². The maximum atomic E-state index is 14.3. The molecule has 0 aliphatic carbocycles. The summed E-state index contributed by atoms with van der Waals surface area (Å²) in [4.78, 5) is 4.50. The molecule has 7 heteroatoms. The van der Waals surface area contributed by atoms with Crippen LogP contribution in [0.25, 0.3) is 11.3 Å². The molecular formula is C22H22FN3O2S. The van der Waals surface area contributed by atoms with E-state index in [4.69, 9.17) is 9.47 Å². The van der Waals surface area contributed by atoms with Gasteiger partial charge in [0.25, 0.3) is 0 Å². The number of nitrogens with zero attached hydrogens (tertiary/aromatic N) is 2. The number of benzene rings is 2. The van der Waals surface area contributed by atoms with Crippen LogP contribution in [0, 0.1) is 5.82 Å². The molecule has 1 atom stereocenters. The van der Waals surface area contributed by atoms with E-state index in [2.05, 4.69) is 15.5 Å². The molecule has 1 N–H and O–H groups in total. The lowest BCUT2D eigenvalue weighted by molar-refractivity contribution is 0.00982. The first-order chi connectivity index (χ1) is 14.3. The molecule has 0 radical (unpaired) electrons. The highest BCUT2D eigenvalue weighted by molar-refractivity contribution is 7.14. The number of rotatable bonds is 8. The van der Waals surface area contributed by atoms with Gasteiger partial charge in [-0.15, -0.1) is 11.3 Å². The monoisotopic (exact) mass is 411 g/mol. The second-order valence-corrected chi connectivity index (χ2v) is 7.63. The van der Waals surface area contributed by atoms with Gasteiger partial charge in [-0.25, -0.2) is 9.37 Å². The summed E-state index contributed by atoms with van der Waals surface area (Å²) in [5, 5.41) is 6.81. The highest BCUT2D eigenvalue weighted by Gasteiger charge is 2.15. The Morgan fingerprint density at radius 3 is 2.97 bits per heavy atom. The van der Waals surface area contributed by atoms with Gasteiger partial charge < -0.3 is 9.47 Å². The number of ether oxygens (including phenoxy) is 2. The molecule has 1 unspecified atom stereocenters. The summed E-state index contributed by atoms with van der Waals surface area (Å²) >= 11 is 1.47. The summed E-state index contributed by atoms with van der Waals surface area (Å²) < 4.78 is 25.4. The summed E-state index contributed by atoms with van der Waals surface area (Å²) in [5.74, 6) is -0.304. The summed E-state index contributed by atoms with van der Waals surface area (Å²) in [6, 6.07) is 14.9. The zero-order valence-corrected chi connectivity index (χ0v) is 16.7. The average Bonchev–Trinajstić information content (AvgIpc) is 3.43. The first-order valence-corrected chi connectivity index (χ1v) is 10.4. The molecule has 0 spiro atoms. The first-order valence-electron chi connectivity index (χ1n) is 9.56. The molecule has 150 valence electrons. The first kappa shape index (κ1) is 19.7. The Labute approximate surface area is 173 Å². The Morgan fingerprint density at radius 2 is 2.17 bits per heavy atom. The van der Waals surface area contributed by atoms with Crippen molar-refractivity contribution in [1.82, 2.24) is 4.98 Å². The molecule has 1 aromatic heterocycles. The maximum absolute atomic E-state index is 14.3. The average molecular weight is 412 g/mol. The molecular weight excluding hydrogens is 389 g/mol. The van der Waals surface area contributed by atoms with Gasteiger partial charge in [0, 0.05) is 23.1 Å². The Morgan fingerprint density at radius 1 is 1.28 bits per heavy atom. The zero-order valence-electron chi connectivity index (χ0n) is 15.9. The van der Waals surface area contributed by atoms with E-state index in [9.17, 15) is 4.39 Å². The highest BCUT2D eigenvalue weighted by Crippen LogP contribution is 2.24. The lowest BCUT2D eigenvalue weighted by Gasteiger charge is -2.10. The largest absolute Gasteiger partial charge is 0.376 e. The van der Waals surface area contributed by atoms with Crippen molar-refractivity contribution in [3.05, 3.63) is 70.9 Å². The van der Waals surface area contributed by atoms with Crippen molar-refractivity contribution in [3.63, 3.8) is 0 Å². The zero-order chi connectivity index (χ0) is 19.9. The number of halogens is 1. The second-order valence-electron chi connectivity index (χ2n) is 6.77. The van der Waals surface area contributed by atoms with Crippen LogP contribution in [-0.4, -0.2) is 30.5 Å². The van der Waals surface area contributed by atoms with Crippen molar-refractivity contribution in [2.75, 3.05) is 18.6 Å². The van der Waals surface area contributed by atoms with Crippen LogP contribution < -0.4 is 5.43 Å². The van der Waals surface area contributed by atoms with Crippen molar-refractivity contribution in [2.24, 2.45) is 5.10 Å². The van der Waals surface area contributed by atoms with E-state index >= 15 is 0 Å². The van der Waals surface area contributed by atoms with Crippen LogP contribution in [0.3, 0.4) is 0 Å². The number of anilines is 1. The third-order valence-electron chi connectivity index (χ3n) is 4.61. The van der Waals surface area contributed by atoms with E-state index in [1.54, 1.807) is 12.3 Å². The van der Waals surface area contributed by atoms with Crippen LogP contribution in [-0.2, 0) is 16.1 Å². The fourth-order valence-electron chi connectivity index (χ4n) is 3.07. The minimum atomic E-state index is -0.304. The summed E-state index contributed by atoms with van der Waals surface area (Å²) in [6.07, 6.45) is 3.79. The molecule has 1 aliphatic rings. The maximum Gasteiger partial charge on any atom is 0.203 e. The lowest BCUT2D eigenvalue weighted by atomic mass is 10.1. The van der Waals surface area contributed by atoms with E-state index in [-0.39, 0.29) is 18.5 Å². The van der Waals surface area contributed by atoms with E-state index in [0.717, 1.165) is 30.7 Å². The lowest BCUT2D eigenvalue weighted by Crippen LogP contribution is -2.14. The number of thiazole rings is 1. The van der Waals surface area contributed by atoms with Crippen molar-refractivity contribution in [2.45, 2.75) is 25.6 Å². The summed E-state index contributed by atoms with van der Waals surface area (Å²) in [6.45, 7) is 1.53. The van der Waals surface area contributed by atoms with Crippen molar-refractivity contribution < 1.29 is 13.9 Å². The number of hydrogen-bond acceptors (Lipinski definition) is 6. The van der Waals surface area contributed by atoms with Gasteiger partial charge in [-0.05, 0) is 24.5 Å². The normalized spacial score (nSPS) is 16.5. The van der Waals surface area contributed by atoms with Crippen molar-refractivity contribution in [3.8, 4) is 11.3 Å². The van der Waals surface area contributed by atoms with Crippen LogP contribution in [0.1, 0.15) is 24.0 Å². The van der Waals surface area contributed by atoms with E-state index in [1.807, 2.05) is 41.8 Å². The molecule has 4 rings (SSSR count). The molecule has 29 heavy (non-hydrogen) atoms. The third-order valence-corrected chi connectivity index (χ3v) is 5.36. The molecule has 5 nitrogen and oxygen atoms in total. The van der Waals surface area contributed by atoms with Gasteiger partial charge in [-0.3, -0.25) is 5.43 Å². The van der Waals surface area contributed by atoms with Gasteiger partial charge in [-0.2, -0.15) is 5.10 Å². The van der Waals surface area contributed by atoms with Crippen molar-refractivity contribution >= 4 is 22.7 Å². The van der Waals surface area contributed by atoms with Gasteiger partial charge in [0.1, 0.15) is 5.82 Å². The molecule has 1 saturated heterocycles. The molecule has 0 saturated carbocycles. The van der Waals surface area contributed by atoms with E-state index in [1.165, 1.54) is 17.4 Å². The molecule has 0 amide bonds. The Hall–Kier alpha value is -2.61. The Kier molecular flexibility index (Phi) is 6.61. The molecule has 2 aromatic carbocycles. The standard InChI is InChI=1S/C22H22FN3O2S/c23-20-11-16(8-9-18(20)13-27-14-19-7-4-10-28-19)12-24-26-22-25-21(15-29-22)17-5-2-1-3-6-17/h1-3,5-6,8-9,11-12,15,19H,4,7,10,13-14H2,(H,25,26). The number of hydrogen-bond donors (Lipinski definition) is 1. The van der Waals surface area contributed by atoms with Crippen LogP contribution >= 0.6 is 11.3 Å².